The lowest BCUT2D eigenvalue weighted by Crippen LogP contribution is -2.59. The molecule has 2 aromatic carbocycles. The molecule has 38 heavy (non-hydrogen) atoms. The van der Waals surface area contributed by atoms with Gasteiger partial charge in [0.25, 0.3) is 0 Å². The van der Waals surface area contributed by atoms with Crippen LogP contribution in [0.15, 0.2) is 59.8 Å². The number of ether oxygens (including phenoxy) is 1. The smallest absolute Gasteiger partial charge is 0.417 e. The molecule has 2 aromatic rings. The van der Waals surface area contributed by atoms with Gasteiger partial charge < -0.3 is 25.7 Å². The molecule has 0 bridgehead atoms. The second kappa shape index (κ2) is 12.9. The Morgan fingerprint density at radius 3 is 2.34 bits per heavy atom. The van der Waals surface area contributed by atoms with Gasteiger partial charge in [-0.2, -0.15) is 0 Å². The van der Waals surface area contributed by atoms with Crippen LogP contribution in [0.4, 0.5) is 4.79 Å². The molecule has 4 N–H and O–H groups in total. The Hall–Kier alpha value is -3.44. The van der Waals surface area contributed by atoms with Crippen molar-refractivity contribution < 1.29 is 29.1 Å². The molecule has 3 amide bonds. The minimum Gasteiger partial charge on any atom is -0.508 e. The summed E-state index contributed by atoms with van der Waals surface area (Å²) in [5.41, 5.74) is 6.78. The predicted octanol–water partition coefficient (Wildman–Crippen LogP) is 3.25. The van der Waals surface area contributed by atoms with Crippen molar-refractivity contribution in [1.29, 1.82) is 0 Å². The fraction of sp³-hybridized carbons (Fsp3) is 0.407. The van der Waals surface area contributed by atoms with Crippen LogP contribution in [-0.4, -0.2) is 62.9 Å². The monoisotopic (exact) mass is 588 g/mol. The van der Waals surface area contributed by atoms with E-state index in [-0.39, 0.29) is 25.1 Å². The molecule has 0 spiro atoms. The predicted molar refractivity (Wildman–Crippen MR) is 146 cm³/mol. The van der Waals surface area contributed by atoms with E-state index in [9.17, 15) is 19.5 Å². The number of halogens is 1. The number of hydrogen-bond donors (Lipinski definition) is 3. The highest BCUT2D eigenvalue weighted by Crippen LogP contribution is 2.20. The van der Waals surface area contributed by atoms with Crippen molar-refractivity contribution in [3.05, 3.63) is 65.7 Å². The van der Waals surface area contributed by atoms with Gasteiger partial charge in [0.05, 0.1) is 12.6 Å². The number of rotatable bonds is 9. The van der Waals surface area contributed by atoms with Gasteiger partial charge >= 0.3 is 6.09 Å². The molecule has 204 valence electrons. The van der Waals surface area contributed by atoms with Crippen molar-refractivity contribution in [1.82, 2.24) is 10.2 Å². The maximum Gasteiger partial charge on any atom is 0.417 e. The van der Waals surface area contributed by atoms with Crippen LogP contribution in [0.25, 0.3) is 0 Å². The summed E-state index contributed by atoms with van der Waals surface area (Å²) < 4.78 is 6.16. The summed E-state index contributed by atoms with van der Waals surface area (Å²) in [6, 6.07) is 12.9. The fourth-order valence-electron chi connectivity index (χ4n) is 3.81. The topological polar surface area (TPSA) is 144 Å². The van der Waals surface area contributed by atoms with Gasteiger partial charge in [0.15, 0.2) is 6.10 Å². The van der Waals surface area contributed by atoms with Gasteiger partial charge in [-0.25, -0.2) is 9.69 Å². The maximum atomic E-state index is 13.7. The van der Waals surface area contributed by atoms with Gasteiger partial charge in [-0.15, -0.1) is 0 Å². The van der Waals surface area contributed by atoms with E-state index in [1.807, 2.05) is 30.3 Å². The van der Waals surface area contributed by atoms with Crippen molar-refractivity contribution in [3.63, 3.8) is 0 Å². The van der Waals surface area contributed by atoms with Gasteiger partial charge in [0.2, 0.25) is 11.8 Å². The number of nitrogens with zero attached hydrogens (tertiary/aromatic N) is 2. The van der Waals surface area contributed by atoms with E-state index in [0.717, 1.165) is 10.5 Å². The molecule has 1 aliphatic rings. The Kier molecular flexibility index (Phi) is 9.87. The molecular weight excluding hydrogens is 556 g/mol. The number of benzene rings is 2. The number of carbonyl (C=O) groups excluding carboxylic acids is 3. The number of nitrogens with one attached hydrogen (secondary N) is 1. The van der Waals surface area contributed by atoms with Crippen LogP contribution in [0.3, 0.4) is 0 Å². The number of imide groups is 1. The van der Waals surface area contributed by atoms with Crippen LogP contribution < -0.4 is 11.1 Å². The Morgan fingerprint density at radius 1 is 1.13 bits per heavy atom. The van der Waals surface area contributed by atoms with Crippen LogP contribution in [0.2, 0.25) is 0 Å². The van der Waals surface area contributed by atoms with Gasteiger partial charge in [-0.05, 0) is 66.4 Å². The average molecular weight is 589 g/mol. The first-order valence-electron chi connectivity index (χ1n) is 12.2. The Labute approximate surface area is 230 Å². The standard InChI is InChI=1S/C27H33BrN4O6/c1-27(2,3)37-26(36)32(25(35)21(29)13-17-7-5-4-6-8-17)22(14-18-9-11-19(33)12-10-18)24(34)30-16-20-15-23(28)31-38-20/h4-12,20-22,33H,13-16,29H2,1-3H3,(H,30,34)/t20?,21-,22-/m0/s1. The van der Waals surface area contributed by atoms with Gasteiger partial charge in [0, 0.05) is 12.8 Å². The highest BCUT2D eigenvalue weighted by molar-refractivity contribution is 9.18. The normalized spacial score (nSPS) is 16.6. The largest absolute Gasteiger partial charge is 0.508 e. The first kappa shape index (κ1) is 29.1. The highest BCUT2D eigenvalue weighted by Gasteiger charge is 2.40. The molecule has 0 fully saturated rings. The summed E-state index contributed by atoms with van der Waals surface area (Å²) >= 11 is 3.26. The van der Waals surface area contributed by atoms with Crippen LogP contribution >= 0.6 is 15.9 Å². The van der Waals surface area contributed by atoms with Gasteiger partial charge in [0.1, 0.15) is 22.0 Å². The number of oxime groups is 1. The van der Waals surface area contributed by atoms with Crippen molar-refractivity contribution in [2.45, 2.75) is 63.8 Å². The van der Waals surface area contributed by atoms with Crippen LogP contribution in [-0.2, 0) is 32.0 Å². The Balaban J connectivity index is 1.91. The third-order valence-corrected chi connectivity index (χ3v) is 6.09. The molecule has 11 heteroatoms. The molecule has 0 saturated carbocycles. The van der Waals surface area contributed by atoms with E-state index in [4.69, 9.17) is 15.3 Å². The maximum absolute atomic E-state index is 13.7. The summed E-state index contributed by atoms with van der Waals surface area (Å²) in [5, 5.41) is 16.3. The third-order valence-electron chi connectivity index (χ3n) is 5.62. The molecule has 0 saturated heterocycles. The molecule has 1 unspecified atom stereocenters. The lowest BCUT2D eigenvalue weighted by atomic mass is 10.0. The molecule has 0 radical (unpaired) electrons. The zero-order chi connectivity index (χ0) is 27.9. The van der Waals surface area contributed by atoms with Crippen molar-refractivity contribution in [2.75, 3.05) is 6.54 Å². The molecular formula is C27H33BrN4O6. The second-order valence-corrected chi connectivity index (χ2v) is 10.9. The summed E-state index contributed by atoms with van der Waals surface area (Å²) in [6.07, 6.45) is -0.768. The summed E-state index contributed by atoms with van der Waals surface area (Å²) in [6.45, 7) is 5.11. The van der Waals surface area contributed by atoms with E-state index in [0.29, 0.717) is 16.6 Å². The zero-order valence-electron chi connectivity index (χ0n) is 21.6. The number of hydrogen-bond acceptors (Lipinski definition) is 8. The quantitative estimate of drug-likeness (QED) is 0.408. The third kappa shape index (κ3) is 8.56. The lowest BCUT2D eigenvalue weighted by Gasteiger charge is -2.33. The minimum absolute atomic E-state index is 0.0269. The number of aromatic hydroxyl groups is 1. The van der Waals surface area contributed by atoms with E-state index >= 15 is 0 Å². The highest BCUT2D eigenvalue weighted by atomic mass is 79.9. The van der Waals surface area contributed by atoms with Crippen molar-refractivity contribution in [2.24, 2.45) is 10.9 Å². The number of carbonyl (C=O) groups is 3. The number of amides is 3. The molecule has 3 atom stereocenters. The Bertz CT molecular complexity index is 1150. The molecule has 1 heterocycles. The summed E-state index contributed by atoms with van der Waals surface area (Å²) in [4.78, 5) is 46.7. The van der Waals surface area contributed by atoms with Gasteiger partial charge in [-0.1, -0.05) is 47.6 Å². The zero-order valence-corrected chi connectivity index (χ0v) is 23.2. The number of phenolic OH excluding ortho intramolecular Hbond substituents is 1. The van der Waals surface area contributed by atoms with Crippen LogP contribution in [0, 0.1) is 0 Å². The summed E-state index contributed by atoms with van der Waals surface area (Å²) in [7, 11) is 0. The van der Waals surface area contributed by atoms with Crippen LogP contribution in [0.1, 0.15) is 38.3 Å². The first-order chi connectivity index (χ1) is 17.9. The van der Waals surface area contributed by atoms with Gasteiger partial charge in [-0.3, -0.25) is 9.59 Å². The van der Waals surface area contributed by atoms with Crippen molar-refractivity contribution >= 4 is 38.5 Å². The molecule has 3 rings (SSSR count). The SMILES string of the molecule is CC(C)(C)OC(=O)N(C(=O)[C@@H](N)Cc1ccccc1)[C@@H](Cc1ccc(O)cc1)C(=O)NCC1CC(Br)=NO1. The average Bonchev–Trinajstić information content (AvgIpc) is 3.27. The lowest BCUT2D eigenvalue weighted by molar-refractivity contribution is -0.140. The first-order valence-corrected chi connectivity index (χ1v) is 13.0. The minimum atomic E-state index is -1.28. The van der Waals surface area contributed by atoms with E-state index in [1.54, 1.807) is 32.9 Å². The summed E-state index contributed by atoms with van der Waals surface area (Å²) in [5.74, 6) is -1.29. The van der Waals surface area contributed by atoms with Crippen LogP contribution in [0.5, 0.6) is 5.75 Å². The number of nitrogens with two attached hydrogens (primary N) is 1. The number of phenols is 1. The van der Waals surface area contributed by atoms with E-state index < -0.39 is 41.7 Å². The molecule has 0 aliphatic carbocycles. The van der Waals surface area contributed by atoms with E-state index in [1.165, 1.54) is 12.1 Å². The Morgan fingerprint density at radius 2 is 1.76 bits per heavy atom. The molecule has 0 aromatic heterocycles. The molecule has 10 nitrogen and oxygen atoms in total. The molecule has 1 aliphatic heterocycles. The van der Waals surface area contributed by atoms with E-state index in [2.05, 4.69) is 26.4 Å². The van der Waals surface area contributed by atoms with Crippen molar-refractivity contribution in [3.8, 4) is 5.75 Å². The fourth-order valence-corrected chi connectivity index (χ4v) is 4.25. The second-order valence-electron chi connectivity index (χ2n) is 10.0.